The topological polar surface area (TPSA) is 62.4 Å². The van der Waals surface area contributed by atoms with Crippen molar-refractivity contribution >= 4 is 11.5 Å². The highest BCUT2D eigenvalue weighted by Crippen LogP contribution is 2.28. The van der Waals surface area contributed by atoms with Crippen LogP contribution in [-0.2, 0) is 0 Å². The number of rotatable bonds is 3. The molecule has 0 saturated carbocycles. The summed E-state index contributed by atoms with van der Waals surface area (Å²) in [6.07, 6.45) is 2.00. The monoisotopic (exact) mass is 221 g/mol. The Hall–Kier alpha value is -1.29. The van der Waals surface area contributed by atoms with Gasteiger partial charge in [-0.2, -0.15) is 0 Å². The minimum atomic E-state index is 0.273. The SMILES string of the molecule is Cc1ccc(N)c(N2CCC(CCO)C2)n1. The summed E-state index contributed by atoms with van der Waals surface area (Å²) in [5, 5.41) is 8.92. The van der Waals surface area contributed by atoms with Crippen LogP contribution in [0.3, 0.4) is 0 Å². The van der Waals surface area contributed by atoms with Crippen molar-refractivity contribution in [2.45, 2.75) is 19.8 Å². The van der Waals surface area contributed by atoms with E-state index in [1.807, 2.05) is 19.1 Å². The minimum Gasteiger partial charge on any atom is -0.396 e. The van der Waals surface area contributed by atoms with E-state index in [2.05, 4.69) is 9.88 Å². The first-order chi connectivity index (χ1) is 7.70. The lowest BCUT2D eigenvalue weighted by Gasteiger charge is -2.19. The molecule has 1 aromatic rings. The Morgan fingerprint density at radius 3 is 3.12 bits per heavy atom. The summed E-state index contributed by atoms with van der Waals surface area (Å²) in [6, 6.07) is 3.84. The van der Waals surface area contributed by atoms with Gasteiger partial charge in [-0.1, -0.05) is 0 Å². The van der Waals surface area contributed by atoms with Gasteiger partial charge in [-0.25, -0.2) is 4.98 Å². The highest BCUT2D eigenvalue weighted by Gasteiger charge is 2.24. The van der Waals surface area contributed by atoms with E-state index in [9.17, 15) is 0 Å². The number of hydrogen-bond acceptors (Lipinski definition) is 4. The largest absolute Gasteiger partial charge is 0.396 e. The molecule has 0 amide bonds. The molecule has 1 fully saturated rings. The molecular weight excluding hydrogens is 202 g/mol. The molecule has 0 aromatic carbocycles. The van der Waals surface area contributed by atoms with Crippen molar-refractivity contribution in [1.29, 1.82) is 0 Å². The molecule has 1 aromatic heterocycles. The summed E-state index contributed by atoms with van der Waals surface area (Å²) >= 11 is 0. The standard InChI is InChI=1S/C12H19N3O/c1-9-2-3-11(13)12(14-9)15-6-4-10(8-15)5-7-16/h2-3,10,16H,4-8,13H2,1H3. The number of nitrogen functional groups attached to an aromatic ring is 1. The zero-order valence-corrected chi connectivity index (χ0v) is 9.69. The number of nitrogens with two attached hydrogens (primary N) is 1. The van der Waals surface area contributed by atoms with Crippen molar-refractivity contribution in [3.8, 4) is 0 Å². The van der Waals surface area contributed by atoms with E-state index in [1.54, 1.807) is 0 Å². The molecule has 3 N–H and O–H groups in total. The predicted molar refractivity (Wildman–Crippen MR) is 65.4 cm³/mol. The maximum atomic E-state index is 8.92. The van der Waals surface area contributed by atoms with Crippen LogP contribution in [0.5, 0.6) is 0 Å². The van der Waals surface area contributed by atoms with Crippen molar-refractivity contribution in [2.24, 2.45) is 5.92 Å². The van der Waals surface area contributed by atoms with E-state index in [4.69, 9.17) is 10.8 Å². The Morgan fingerprint density at radius 1 is 1.56 bits per heavy atom. The van der Waals surface area contributed by atoms with Crippen molar-refractivity contribution in [3.05, 3.63) is 17.8 Å². The van der Waals surface area contributed by atoms with Crippen LogP contribution >= 0.6 is 0 Å². The highest BCUT2D eigenvalue weighted by atomic mass is 16.3. The Bertz CT molecular complexity index is 367. The number of aromatic nitrogens is 1. The summed E-state index contributed by atoms with van der Waals surface area (Å²) in [6.45, 7) is 4.20. The van der Waals surface area contributed by atoms with Crippen LogP contribution in [0.25, 0.3) is 0 Å². The van der Waals surface area contributed by atoms with Gasteiger partial charge in [0.05, 0.1) is 5.69 Å². The predicted octanol–water partition coefficient (Wildman–Crippen LogP) is 1.18. The fraction of sp³-hybridized carbons (Fsp3) is 0.583. The van der Waals surface area contributed by atoms with Crippen molar-refractivity contribution in [1.82, 2.24) is 4.98 Å². The molecular formula is C12H19N3O. The molecule has 0 spiro atoms. The maximum Gasteiger partial charge on any atom is 0.152 e. The average molecular weight is 221 g/mol. The summed E-state index contributed by atoms with van der Waals surface area (Å²) in [4.78, 5) is 6.71. The van der Waals surface area contributed by atoms with Crippen molar-refractivity contribution in [3.63, 3.8) is 0 Å². The van der Waals surface area contributed by atoms with Crippen LogP contribution in [0.2, 0.25) is 0 Å². The lowest BCUT2D eigenvalue weighted by Crippen LogP contribution is -2.22. The van der Waals surface area contributed by atoms with Gasteiger partial charge in [0, 0.05) is 25.4 Å². The van der Waals surface area contributed by atoms with E-state index in [1.165, 1.54) is 0 Å². The Kier molecular flexibility index (Phi) is 3.29. The average Bonchev–Trinajstić information content (AvgIpc) is 2.71. The fourth-order valence-electron chi connectivity index (χ4n) is 2.25. The second-order valence-corrected chi connectivity index (χ2v) is 4.48. The van der Waals surface area contributed by atoms with E-state index < -0.39 is 0 Å². The third kappa shape index (κ3) is 2.27. The lowest BCUT2D eigenvalue weighted by atomic mass is 10.1. The number of nitrogens with zero attached hydrogens (tertiary/aromatic N) is 2. The van der Waals surface area contributed by atoms with Gasteiger partial charge in [0.25, 0.3) is 0 Å². The zero-order chi connectivity index (χ0) is 11.5. The first kappa shape index (κ1) is 11.2. The molecule has 16 heavy (non-hydrogen) atoms. The molecule has 0 aliphatic carbocycles. The summed E-state index contributed by atoms with van der Waals surface area (Å²) in [5.41, 5.74) is 7.68. The van der Waals surface area contributed by atoms with Crippen LogP contribution in [0.1, 0.15) is 18.5 Å². The van der Waals surface area contributed by atoms with Gasteiger partial charge in [0.2, 0.25) is 0 Å². The van der Waals surface area contributed by atoms with Gasteiger partial charge in [-0.05, 0) is 37.8 Å². The maximum absolute atomic E-state index is 8.92. The van der Waals surface area contributed by atoms with Crippen LogP contribution in [-0.4, -0.2) is 29.8 Å². The molecule has 88 valence electrons. The molecule has 0 radical (unpaired) electrons. The number of pyridine rings is 1. The van der Waals surface area contributed by atoms with Gasteiger partial charge >= 0.3 is 0 Å². The van der Waals surface area contributed by atoms with E-state index >= 15 is 0 Å². The molecule has 2 rings (SSSR count). The molecule has 1 unspecified atom stereocenters. The number of aryl methyl sites for hydroxylation is 1. The number of aliphatic hydroxyl groups is 1. The third-order valence-corrected chi connectivity index (χ3v) is 3.17. The molecule has 1 saturated heterocycles. The summed E-state index contributed by atoms with van der Waals surface area (Å²) < 4.78 is 0. The first-order valence-electron chi connectivity index (χ1n) is 5.79. The molecule has 1 aliphatic heterocycles. The van der Waals surface area contributed by atoms with Crippen LogP contribution in [0, 0.1) is 12.8 Å². The minimum absolute atomic E-state index is 0.273. The highest BCUT2D eigenvalue weighted by molar-refractivity contribution is 5.63. The van der Waals surface area contributed by atoms with Crippen molar-refractivity contribution < 1.29 is 5.11 Å². The first-order valence-corrected chi connectivity index (χ1v) is 5.79. The van der Waals surface area contributed by atoms with Gasteiger partial charge in [-0.3, -0.25) is 0 Å². The van der Waals surface area contributed by atoms with Crippen LogP contribution < -0.4 is 10.6 Å². The second kappa shape index (κ2) is 4.70. The Labute approximate surface area is 96.1 Å². The van der Waals surface area contributed by atoms with Crippen LogP contribution in [0.4, 0.5) is 11.5 Å². The molecule has 1 aliphatic rings. The van der Waals surface area contributed by atoms with E-state index in [0.29, 0.717) is 5.92 Å². The van der Waals surface area contributed by atoms with Gasteiger partial charge in [0.1, 0.15) is 0 Å². The van der Waals surface area contributed by atoms with E-state index in [0.717, 1.165) is 43.1 Å². The number of anilines is 2. The third-order valence-electron chi connectivity index (χ3n) is 3.17. The summed E-state index contributed by atoms with van der Waals surface area (Å²) in [5.74, 6) is 1.48. The molecule has 4 nitrogen and oxygen atoms in total. The second-order valence-electron chi connectivity index (χ2n) is 4.48. The Balaban J connectivity index is 2.11. The van der Waals surface area contributed by atoms with Gasteiger partial charge < -0.3 is 15.7 Å². The fourth-order valence-corrected chi connectivity index (χ4v) is 2.25. The van der Waals surface area contributed by atoms with Crippen LogP contribution in [0.15, 0.2) is 12.1 Å². The van der Waals surface area contributed by atoms with Gasteiger partial charge in [0.15, 0.2) is 5.82 Å². The quantitative estimate of drug-likeness (QED) is 0.804. The van der Waals surface area contributed by atoms with E-state index in [-0.39, 0.29) is 6.61 Å². The number of hydrogen-bond donors (Lipinski definition) is 2. The lowest BCUT2D eigenvalue weighted by molar-refractivity contribution is 0.263. The number of aliphatic hydroxyl groups excluding tert-OH is 1. The van der Waals surface area contributed by atoms with Gasteiger partial charge in [-0.15, -0.1) is 0 Å². The summed E-state index contributed by atoms with van der Waals surface area (Å²) in [7, 11) is 0. The molecule has 1 atom stereocenters. The van der Waals surface area contributed by atoms with Crippen molar-refractivity contribution in [2.75, 3.05) is 30.3 Å². The zero-order valence-electron chi connectivity index (χ0n) is 9.69. The Morgan fingerprint density at radius 2 is 2.38 bits per heavy atom. The molecule has 0 bridgehead atoms. The normalized spacial score (nSPS) is 20.4. The molecule has 2 heterocycles. The smallest absolute Gasteiger partial charge is 0.152 e. The molecule has 4 heteroatoms.